The Bertz CT molecular complexity index is 571. The second-order valence-electron chi connectivity index (χ2n) is 4.63. The van der Waals surface area contributed by atoms with Crippen LogP contribution in [-0.2, 0) is 11.3 Å². The van der Waals surface area contributed by atoms with Crippen molar-refractivity contribution in [2.24, 2.45) is 0 Å². The SMILES string of the molecule is C=CCCC(=O)N(CC)Cc1ccc2[nH]ccc2c1. The number of aromatic nitrogens is 1. The van der Waals surface area contributed by atoms with E-state index in [0.29, 0.717) is 13.0 Å². The third-order valence-electron chi connectivity index (χ3n) is 3.29. The summed E-state index contributed by atoms with van der Waals surface area (Å²) in [5.41, 5.74) is 2.30. The number of amides is 1. The Morgan fingerprint density at radius 1 is 1.42 bits per heavy atom. The van der Waals surface area contributed by atoms with E-state index < -0.39 is 0 Å². The third kappa shape index (κ3) is 3.25. The highest BCUT2D eigenvalue weighted by atomic mass is 16.2. The summed E-state index contributed by atoms with van der Waals surface area (Å²) >= 11 is 0. The van der Waals surface area contributed by atoms with Crippen molar-refractivity contribution in [3.63, 3.8) is 0 Å². The summed E-state index contributed by atoms with van der Waals surface area (Å²) in [4.78, 5) is 17.1. The van der Waals surface area contributed by atoms with Gasteiger partial charge in [-0.15, -0.1) is 6.58 Å². The number of hydrogen-bond donors (Lipinski definition) is 1. The smallest absolute Gasteiger partial charge is 0.223 e. The van der Waals surface area contributed by atoms with Gasteiger partial charge in [-0.1, -0.05) is 12.1 Å². The van der Waals surface area contributed by atoms with Crippen LogP contribution in [0.2, 0.25) is 0 Å². The maximum atomic E-state index is 12.0. The maximum absolute atomic E-state index is 12.0. The molecule has 0 aliphatic carbocycles. The van der Waals surface area contributed by atoms with E-state index in [1.54, 1.807) is 6.08 Å². The van der Waals surface area contributed by atoms with E-state index in [1.807, 2.05) is 18.0 Å². The molecule has 1 aromatic carbocycles. The van der Waals surface area contributed by atoms with Crippen molar-refractivity contribution in [1.29, 1.82) is 0 Å². The van der Waals surface area contributed by atoms with Crippen molar-refractivity contribution in [3.05, 3.63) is 48.7 Å². The van der Waals surface area contributed by atoms with E-state index in [-0.39, 0.29) is 5.91 Å². The lowest BCUT2D eigenvalue weighted by molar-refractivity contribution is -0.131. The zero-order valence-corrected chi connectivity index (χ0v) is 11.4. The summed E-state index contributed by atoms with van der Waals surface area (Å²) in [6.07, 6.45) is 5.01. The first-order valence-electron chi connectivity index (χ1n) is 6.69. The first-order valence-corrected chi connectivity index (χ1v) is 6.69. The van der Waals surface area contributed by atoms with Crippen LogP contribution < -0.4 is 0 Å². The molecule has 3 heteroatoms. The lowest BCUT2D eigenvalue weighted by Gasteiger charge is -2.21. The molecule has 1 N–H and O–H groups in total. The number of H-pyrrole nitrogens is 1. The minimum Gasteiger partial charge on any atom is -0.361 e. The largest absolute Gasteiger partial charge is 0.361 e. The summed E-state index contributed by atoms with van der Waals surface area (Å²) in [5.74, 6) is 0.191. The van der Waals surface area contributed by atoms with E-state index in [4.69, 9.17) is 0 Å². The number of carbonyl (C=O) groups is 1. The molecule has 0 atom stereocenters. The molecule has 0 unspecified atom stereocenters. The Labute approximate surface area is 113 Å². The number of allylic oxidation sites excluding steroid dienone is 1. The molecule has 100 valence electrons. The van der Waals surface area contributed by atoms with Crippen molar-refractivity contribution < 1.29 is 4.79 Å². The number of fused-ring (bicyclic) bond motifs is 1. The molecule has 0 saturated heterocycles. The van der Waals surface area contributed by atoms with Gasteiger partial charge < -0.3 is 9.88 Å². The molecule has 1 amide bonds. The van der Waals surface area contributed by atoms with Gasteiger partial charge >= 0.3 is 0 Å². The number of carbonyl (C=O) groups excluding carboxylic acids is 1. The molecule has 0 fully saturated rings. The van der Waals surface area contributed by atoms with Crippen molar-refractivity contribution in [2.45, 2.75) is 26.3 Å². The molecule has 0 spiro atoms. The zero-order chi connectivity index (χ0) is 13.7. The molecule has 0 radical (unpaired) electrons. The van der Waals surface area contributed by atoms with E-state index >= 15 is 0 Å². The normalized spacial score (nSPS) is 10.6. The average molecular weight is 256 g/mol. The van der Waals surface area contributed by atoms with Crippen LogP contribution in [-0.4, -0.2) is 22.3 Å². The Balaban J connectivity index is 2.08. The molecule has 3 nitrogen and oxygen atoms in total. The van der Waals surface area contributed by atoms with Crippen molar-refractivity contribution in [1.82, 2.24) is 9.88 Å². The van der Waals surface area contributed by atoms with Gasteiger partial charge in [-0.2, -0.15) is 0 Å². The molecular weight excluding hydrogens is 236 g/mol. The number of nitrogens with zero attached hydrogens (tertiary/aromatic N) is 1. The van der Waals surface area contributed by atoms with Crippen LogP contribution >= 0.6 is 0 Å². The Hall–Kier alpha value is -2.03. The van der Waals surface area contributed by atoms with Crippen molar-refractivity contribution in [2.75, 3.05) is 6.54 Å². The second-order valence-corrected chi connectivity index (χ2v) is 4.63. The van der Waals surface area contributed by atoms with Gasteiger partial charge in [-0.25, -0.2) is 0 Å². The monoisotopic (exact) mass is 256 g/mol. The highest BCUT2D eigenvalue weighted by Crippen LogP contribution is 2.16. The van der Waals surface area contributed by atoms with E-state index in [2.05, 4.69) is 35.8 Å². The highest BCUT2D eigenvalue weighted by Gasteiger charge is 2.11. The summed E-state index contributed by atoms with van der Waals surface area (Å²) in [5, 5.41) is 1.19. The summed E-state index contributed by atoms with van der Waals surface area (Å²) < 4.78 is 0. The van der Waals surface area contributed by atoms with Crippen molar-refractivity contribution >= 4 is 16.8 Å². The second kappa shape index (κ2) is 6.23. The number of benzene rings is 1. The van der Waals surface area contributed by atoms with Crippen LogP contribution in [0.1, 0.15) is 25.3 Å². The van der Waals surface area contributed by atoms with Gasteiger partial charge in [-0.3, -0.25) is 4.79 Å². The molecule has 0 aliphatic heterocycles. The van der Waals surface area contributed by atoms with Crippen LogP contribution in [0.5, 0.6) is 0 Å². The molecule has 0 aliphatic rings. The third-order valence-corrected chi connectivity index (χ3v) is 3.29. The van der Waals surface area contributed by atoms with Gasteiger partial charge in [0, 0.05) is 31.2 Å². The minimum atomic E-state index is 0.191. The summed E-state index contributed by atoms with van der Waals surface area (Å²) in [6, 6.07) is 8.32. The molecule has 0 bridgehead atoms. The fourth-order valence-electron chi connectivity index (χ4n) is 2.18. The molecule has 19 heavy (non-hydrogen) atoms. The van der Waals surface area contributed by atoms with E-state index in [1.165, 1.54) is 10.9 Å². The van der Waals surface area contributed by atoms with Gasteiger partial charge in [0.25, 0.3) is 0 Å². The minimum absolute atomic E-state index is 0.191. The topological polar surface area (TPSA) is 36.1 Å². The zero-order valence-electron chi connectivity index (χ0n) is 11.4. The van der Waals surface area contributed by atoms with Gasteiger partial charge in [0.05, 0.1) is 0 Å². The first-order chi connectivity index (χ1) is 9.24. The highest BCUT2D eigenvalue weighted by molar-refractivity contribution is 5.80. The molecule has 0 saturated carbocycles. The maximum Gasteiger partial charge on any atom is 0.223 e. The lowest BCUT2D eigenvalue weighted by Crippen LogP contribution is -2.29. The Morgan fingerprint density at radius 2 is 2.26 bits per heavy atom. The molecule has 2 aromatic rings. The molecule has 1 heterocycles. The van der Waals surface area contributed by atoms with Gasteiger partial charge in [0.2, 0.25) is 5.91 Å². The van der Waals surface area contributed by atoms with Crippen LogP contribution in [0, 0.1) is 0 Å². The van der Waals surface area contributed by atoms with E-state index in [0.717, 1.165) is 18.5 Å². The Morgan fingerprint density at radius 3 is 3.00 bits per heavy atom. The number of rotatable bonds is 6. The molecule has 2 rings (SSSR count). The first kappa shape index (κ1) is 13.4. The van der Waals surface area contributed by atoms with Gasteiger partial charge in [0.1, 0.15) is 0 Å². The van der Waals surface area contributed by atoms with Crippen LogP contribution in [0.4, 0.5) is 0 Å². The van der Waals surface area contributed by atoms with Crippen LogP contribution in [0.15, 0.2) is 43.1 Å². The number of hydrogen-bond acceptors (Lipinski definition) is 1. The summed E-state index contributed by atoms with van der Waals surface area (Å²) in [7, 11) is 0. The van der Waals surface area contributed by atoms with Crippen LogP contribution in [0.3, 0.4) is 0 Å². The fourth-order valence-corrected chi connectivity index (χ4v) is 2.18. The van der Waals surface area contributed by atoms with Gasteiger partial charge in [-0.05, 0) is 42.5 Å². The number of aromatic amines is 1. The van der Waals surface area contributed by atoms with E-state index in [9.17, 15) is 4.79 Å². The van der Waals surface area contributed by atoms with Crippen molar-refractivity contribution in [3.8, 4) is 0 Å². The fraction of sp³-hybridized carbons (Fsp3) is 0.312. The number of nitrogens with one attached hydrogen (secondary N) is 1. The Kier molecular flexibility index (Phi) is 4.39. The summed E-state index contributed by atoms with van der Waals surface area (Å²) in [6.45, 7) is 7.08. The molecule has 1 aromatic heterocycles. The van der Waals surface area contributed by atoms with Gasteiger partial charge in [0.15, 0.2) is 0 Å². The molecular formula is C16H20N2O. The lowest BCUT2D eigenvalue weighted by atomic mass is 10.1. The quantitative estimate of drug-likeness (QED) is 0.789. The average Bonchev–Trinajstić information content (AvgIpc) is 2.89. The standard InChI is InChI=1S/C16H20N2O/c1-3-5-6-16(19)18(4-2)12-13-7-8-15-14(11-13)9-10-17-15/h3,7-11,17H,1,4-6,12H2,2H3. The van der Waals surface area contributed by atoms with Crippen LogP contribution in [0.25, 0.3) is 10.9 Å². The predicted octanol–water partition coefficient (Wildman–Crippen LogP) is 3.48. The predicted molar refractivity (Wildman–Crippen MR) is 78.8 cm³/mol.